The van der Waals surface area contributed by atoms with Gasteiger partial charge in [0.25, 0.3) is 5.91 Å². The minimum atomic E-state index is -1.08. The Morgan fingerprint density at radius 2 is 2.14 bits per heavy atom. The third kappa shape index (κ3) is 4.83. The number of nitrogens with zero attached hydrogens (tertiary/aromatic N) is 1. The van der Waals surface area contributed by atoms with Crippen LogP contribution in [0.4, 0.5) is 0 Å². The quantitative estimate of drug-likeness (QED) is 0.398. The van der Waals surface area contributed by atoms with Gasteiger partial charge in [-0.15, -0.1) is 0 Å². The first kappa shape index (κ1) is 22.2. The van der Waals surface area contributed by atoms with Crippen molar-refractivity contribution in [1.82, 2.24) is 4.90 Å². The van der Waals surface area contributed by atoms with Crippen LogP contribution < -0.4 is 0 Å². The van der Waals surface area contributed by atoms with Crippen LogP contribution in [0, 0.1) is 0 Å². The van der Waals surface area contributed by atoms with E-state index in [9.17, 15) is 14.7 Å². The topological polar surface area (TPSA) is 70.8 Å². The molecule has 1 aliphatic heterocycles. The number of carboxylic acid groups (broad SMARTS) is 1. The summed E-state index contributed by atoms with van der Waals surface area (Å²) < 4.78 is 6.01. The molecule has 1 atom stereocenters. The lowest BCUT2D eigenvalue weighted by molar-refractivity contribution is -0.145. The van der Waals surface area contributed by atoms with Gasteiger partial charge in [0, 0.05) is 11.6 Å². The van der Waals surface area contributed by atoms with E-state index in [1.54, 1.807) is 36.4 Å². The number of halogens is 2. The summed E-state index contributed by atoms with van der Waals surface area (Å²) in [5, 5.41) is 10.3. The van der Waals surface area contributed by atoms with Crippen LogP contribution in [-0.4, -0.2) is 44.3 Å². The molecular formula is C19H15Cl2NO4S3. The van der Waals surface area contributed by atoms with Gasteiger partial charge in [0.1, 0.15) is 21.9 Å². The Bertz CT molecular complexity index is 1010. The van der Waals surface area contributed by atoms with Crippen LogP contribution in [0.25, 0.3) is 17.4 Å². The number of furan rings is 1. The maximum absolute atomic E-state index is 12.8. The molecule has 3 rings (SSSR count). The summed E-state index contributed by atoms with van der Waals surface area (Å²) >= 11 is 20.1. The van der Waals surface area contributed by atoms with Gasteiger partial charge < -0.3 is 9.52 Å². The van der Waals surface area contributed by atoms with Gasteiger partial charge in [-0.1, -0.05) is 53.2 Å². The lowest BCUT2D eigenvalue weighted by Gasteiger charge is -2.22. The van der Waals surface area contributed by atoms with Crippen LogP contribution in [0.15, 0.2) is 39.7 Å². The molecule has 1 N–H and O–H groups in total. The number of thioether (sulfide) groups is 2. The zero-order valence-electron chi connectivity index (χ0n) is 15.1. The second-order valence-electron chi connectivity index (χ2n) is 5.99. The molecular weight excluding hydrogens is 473 g/mol. The minimum Gasteiger partial charge on any atom is -0.480 e. The number of aliphatic carboxylic acids is 1. The second kappa shape index (κ2) is 9.57. The molecule has 1 unspecified atom stereocenters. The molecule has 0 aliphatic carbocycles. The Morgan fingerprint density at radius 3 is 2.83 bits per heavy atom. The van der Waals surface area contributed by atoms with Crippen LogP contribution in [0.1, 0.15) is 12.2 Å². The summed E-state index contributed by atoms with van der Waals surface area (Å²) in [5.41, 5.74) is 0.634. The molecule has 152 valence electrons. The van der Waals surface area contributed by atoms with Crippen molar-refractivity contribution in [1.29, 1.82) is 0 Å². The molecule has 0 spiro atoms. The molecule has 1 fully saturated rings. The number of carbonyl (C=O) groups is 2. The molecule has 1 amide bonds. The smallest absolute Gasteiger partial charge is 0.326 e. The fourth-order valence-corrected chi connectivity index (χ4v) is 4.93. The Morgan fingerprint density at radius 1 is 1.38 bits per heavy atom. The zero-order chi connectivity index (χ0) is 21.1. The highest BCUT2D eigenvalue weighted by atomic mass is 35.5. The first-order valence-electron chi connectivity index (χ1n) is 8.36. The van der Waals surface area contributed by atoms with Gasteiger partial charge in [-0.2, -0.15) is 11.8 Å². The third-order valence-electron chi connectivity index (χ3n) is 4.13. The summed E-state index contributed by atoms with van der Waals surface area (Å²) in [7, 11) is 0. The highest BCUT2D eigenvalue weighted by Crippen LogP contribution is 2.37. The monoisotopic (exact) mass is 487 g/mol. The standard InChI is InChI=1S/C19H15Cl2NO4S3/c1-28-8-7-13(18(24)25)22-17(23)15(29-19(22)27)9-10-5-6-14(26-10)11-3-2-4-12(20)16(11)21/h2-6,9,13H,7-8H2,1H3,(H,24,25)/b15-9-. The number of rotatable bonds is 7. The number of amides is 1. The van der Waals surface area contributed by atoms with Gasteiger partial charge in [0.2, 0.25) is 0 Å². The average molecular weight is 488 g/mol. The van der Waals surface area contributed by atoms with Gasteiger partial charge >= 0.3 is 5.97 Å². The zero-order valence-corrected chi connectivity index (χ0v) is 19.0. The number of hydrogen-bond acceptors (Lipinski definition) is 6. The molecule has 2 heterocycles. The van der Waals surface area contributed by atoms with Crippen LogP contribution in [0.2, 0.25) is 10.0 Å². The van der Waals surface area contributed by atoms with Gasteiger partial charge in [0.15, 0.2) is 0 Å². The van der Waals surface area contributed by atoms with Crippen LogP contribution in [0.5, 0.6) is 0 Å². The highest BCUT2D eigenvalue weighted by Gasteiger charge is 2.40. The maximum atomic E-state index is 12.8. The second-order valence-corrected chi connectivity index (χ2v) is 9.44. The van der Waals surface area contributed by atoms with Crippen molar-refractivity contribution in [2.24, 2.45) is 0 Å². The van der Waals surface area contributed by atoms with Gasteiger partial charge in [-0.3, -0.25) is 9.69 Å². The van der Waals surface area contributed by atoms with Crippen molar-refractivity contribution in [2.75, 3.05) is 12.0 Å². The largest absolute Gasteiger partial charge is 0.480 e. The number of hydrogen-bond donors (Lipinski definition) is 1. The van der Waals surface area contributed by atoms with Crippen LogP contribution in [0.3, 0.4) is 0 Å². The molecule has 1 aromatic heterocycles. The molecule has 5 nitrogen and oxygen atoms in total. The van der Waals surface area contributed by atoms with Gasteiger partial charge in [0.05, 0.1) is 15.0 Å². The van der Waals surface area contributed by atoms with Crippen molar-refractivity contribution in [3.05, 3.63) is 51.0 Å². The Kier molecular flexibility index (Phi) is 7.34. The summed E-state index contributed by atoms with van der Waals surface area (Å²) in [6.07, 6.45) is 3.74. The molecule has 29 heavy (non-hydrogen) atoms. The van der Waals surface area contributed by atoms with E-state index in [4.69, 9.17) is 39.8 Å². The predicted octanol–water partition coefficient (Wildman–Crippen LogP) is 5.66. The molecule has 1 aliphatic rings. The fraction of sp³-hybridized carbons (Fsp3) is 0.211. The predicted molar refractivity (Wildman–Crippen MR) is 124 cm³/mol. The van der Waals surface area contributed by atoms with E-state index in [1.807, 2.05) is 6.26 Å². The van der Waals surface area contributed by atoms with E-state index in [-0.39, 0.29) is 4.32 Å². The van der Waals surface area contributed by atoms with Crippen molar-refractivity contribution < 1.29 is 19.1 Å². The van der Waals surface area contributed by atoms with Crippen LogP contribution >= 0.6 is 58.9 Å². The minimum absolute atomic E-state index is 0.222. The first-order valence-corrected chi connectivity index (χ1v) is 11.7. The number of carboxylic acids is 1. The normalized spacial score (nSPS) is 16.7. The molecule has 0 saturated carbocycles. The highest BCUT2D eigenvalue weighted by molar-refractivity contribution is 8.26. The Labute approximate surface area is 191 Å². The van der Waals surface area contributed by atoms with Crippen molar-refractivity contribution in [3.8, 4) is 11.3 Å². The van der Waals surface area contributed by atoms with E-state index in [1.165, 1.54) is 16.7 Å². The van der Waals surface area contributed by atoms with E-state index in [2.05, 4.69) is 0 Å². The van der Waals surface area contributed by atoms with Crippen LogP contribution in [-0.2, 0) is 9.59 Å². The molecule has 1 aromatic carbocycles. The van der Waals surface area contributed by atoms with Crippen molar-refractivity contribution in [3.63, 3.8) is 0 Å². The van der Waals surface area contributed by atoms with E-state index >= 15 is 0 Å². The number of carbonyl (C=O) groups excluding carboxylic acids is 1. The van der Waals surface area contributed by atoms with E-state index < -0.39 is 17.9 Å². The molecule has 2 aromatic rings. The molecule has 0 bridgehead atoms. The molecule has 10 heteroatoms. The summed E-state index contributed by atoms with van der Waals surface area (Å²) in [6.45, 7) is 0. The van der Waals surface area contributed by atoms with Gasteiger partial charge in [-0.25, -0.2) is 4.79 Å². The van der Waals surface area contributed by atoms with E-state index in [0.29, 0.717) is 44.2 Å². The van der Waals surface area contributed by atoms with Crippen molar-refractivity contribution >= 4 is 81.2 Å². The van der Waals surface area contributed by atoms with E-state index in [0.717, 1.165) is 11.8 Å². The molecule has 1 saturated heterocycles. The summed E-state index contributed by atoms with van der Waals surface area (Å²) in [4.78, 5) is 25.9. The fourth-order valence-electron chi connectivity index (χ4n) is 2.74. The van der Waals surface area contributed by atoms with Crippen molar-refractivity contribution in [2.45, 2.75) is 12.5 Å². The molecule has 0 radical (unpaired) electrons. The average Bonchev–Trinajstić information content (AvgIpc) is 3.24. The maximum Gasteiger partial charge on any atom is 0.326 e. The number of thiocarbonyl (C=S) groups is 1. The summed E-state index contributed by atoms with van der Waals surface area (Å²) in [5.74, 6) is 0.0181. The lowest BCUT2D eigenvalue weighted by atomic mass is 10.2. The number of benzene rings is 1. The lowest BCUT2D eigenvalue weighted by Crippen LogP contribution is -2.44. The van der Waals surface area contributed by atoms with Gasteiger partial charge in [-0.05, 0) is 42.7 Å². The Balaban J connectivity index is 1.86. The third-order valence-corrected chi connectivity index (χ3v) is 6.93. The first-order chi connectivity index (χ1) is 13.8. The Hall–Kier alpha value is -1.45. The SMILES string of the molecule is CSCCC(C(=O)O)N1C(=O)/C(=C/c2ccc(-c3cccc(Cl)c3Cl)o2)SC1=S. The summed E-state index contributed by atoms with van der Waals surface area (Å²) in [6, 6.07) is 7.65.